The lowest BCUT2D eigenvalue weighted by atomic mass is 10.2. The third-order valence-corrected chi connectivity index (χ3v) is 4.95. The first-order valence-corrected chi connectivity index (χ1v) is 8.34. The summed E-state index contributed by atoms with van der Waals surface area (Å²) in [5.74, 6) is 0.703. The van der Waals surface area contributed by atoms with Crippen molar-refractivity contribution in [1.82, 2.24) is 18.9 Å². The van der Waals surface area contributed by atoms with Crippen molar-refractivity contribution >= 4 is 45.8 Å². The summed E-state index contributed by atoms with van der Waals surface area (Å²) in [6.45, 7) is 5.90. The second kappa shape index (κ2) is 6.20. The first-order chi connectivity index (χ1) is 10.6. The Morgan fingerprint density at radius 1 is 1.45 bits per heavy atom. The lowest BCUT2D eigenvalue weighted by Gasteiger charge is -2.10. The van der Waals surface area contributed by atoms with E-state index in [1.54, 1.807) is 28.8 Å². The number of hydrogen-bond donors (Lipinski definition) is 0. The normalized spacial score (nSPS) is 11.0. The highest BCUT2D eigenvalue weighted by Gasteiger charge is 2.14. The Morgan fingerprint density at radius 2 is 2.27 bits per heavy atom. The van der Waals surface area contributed by atoms with E-state index in [4.69, 9.17) is 11.6 Å². The van der Waals surface area contributed by atoms with Gasteiger partial charge in [-0.05, 0) is 48.4 Å². The molecule has 0 saturated heterocycles. The smallest absolute Gasteiger partial charge is 0.262 e. The van der Waals surface area contributed by atoms with Gasteiger partial charge in [0.2, 0.25) is 0 Å². The highest BCUT2D eigenvalue weighted by atomic mass is 35.5. The zero-order chi connectivity index (χ0) is 15.7. The molecule has 0 aliphatic carbocycles. The average molecular weight is 351 g/mol. The van der Waals surface area contributed by atoms with Gasteiger partial charge in [-0.25, -0.2) is 9.97 Å². The van der Waals surface area contributed by atoms with Gasteiger partial charge in [-0.2, -0.15) is 4.37 Å². The summed E-state index contributed by atoms with van der Waals surface area (Å²) in [5.41, 5.74) is 0.451. The summed E-state index contributed by atoms with van der Waals surface area (Å²) < 4.78 is 6.45. The molecule has 1 aromatic carbocycles. The quantitative estimate of drug-likeness (QED) is 0.532. The fraction of sp³-hybridized carbons (Fsp3) is 0.143. The minimum Gasteiger partial charge on any atom is -0.283 e. The molecule has 8 heteroatoms. The van der Waals surface area contributed by atoms with Gasteiger partial charge in [0.25, 0.3) is 5.56 Å². The summed E-state index contributed by atoms with van der Waals surface area (Å²) in [5, 5.41) is 1.63. The van der Waals surface area contributed by atoms with Gasteiger partial charge in [-0.15, -0.1) is 6.58 Å². The molecule has 2 heterocycles. The summed E-state index contributed by atoms with van der Waals surface area (Å²) in [4.78, 5) is 21.5. The van der Waals surface area contributed by atoms with Crippen LogP contribution in [0.15, 0.2) is 45.1 Å². The van der Waals surface area contributed by atoms with Crippen LogP contribution in [-0.2, 0) is 6.54 Å². The van der Waals surface area contributed by atoms with Crippen LogP contribution in [0.4, 0.5) is 0 Å². The Bertz CT molecular complexity index is 919. The lowest BCUT2D eigenvalue weighted by Crippen LogP contribution is -2.22. The maximum Gasteiger partial charge on any atom is 0.262 e. The van der Waals surface area contributed by atoms with E-state index < -0.39 is 0 Å². The van der Waals surface area contributed by atoms with Crippen LogP contribution in [0.1, 0.15) is 5.82 Å². The fourth-order valence-corrected chi connectivity index (χ4v) is 3.76. The molecule has 112 valence electrons. The van der Waals surface area contributed by atoms with Crippen molar-refractivity contribution in [3.05, 3.63) is 52.1 Å². The number of aromatic nitrogens is 4. The van der Waals surface area contributed by atoms with E-state index in [0.29, 0.717) is 33.5 Å². The van der Waals surface area contributed by atoms with E-state index >= 15 is 0 Å². The van der Waals surface area contributed by atoms with Crippen molar-refractivity contribution in [3.63, 3.8) is 0 Å². The highest BCUT2D eigenvalue weighted by molar-refractivity contribution is 8.00. The Kier molecular flexibility index (Phi) is 4.28. The van der Waals surface area contributed by atoms with E-state index in [-0.39, 0.29) is 5.56 Å². The molecule has 0 fully saturated rings. The van der Waals surface area contributed by atoms with Crippen molar-refractivity contribution in [1.29, 1.82) is 0 Å². The van der Waals surface area contributed by atoms with Crippen LogP contribution < -0.4 is 5.56 Å². The van der Waals surface area contributed by atoms with E-state index in [0.717, 1.165) is 4.34 Å². The zero-order valence-electron chi connectivity index (χ0n) is 11.6. The zero-order valence-corrected chi connectivity index (χ0v) is 14.0. The van der Waals surface area contributed by atoms with Gasteiger partial charge in [-0.1, -0.05) is 17.7 Å². The summed E-state index contributed by atoms with van der Waals surface area (Å²) in [6.07, 6.45) is 1.67. The molecule has 0 spiro atoms. The van der Waals surface area contributed by atoms with Crippen molar-refractivity contribution in [2.45, 2.75) is 23.0 Å². The standard InChI is InChI=1S/C14H11ClN4OS2/c1-3-6-19-12(20)10-5-4-9(15)7-11(10)17-13(19)21-14-16-8(2)18-22-14/h3-5,7H,1,6H2,2H3. The van der Waals surface area contributed by atoms with Gasteiger partial charge < -0.3 is 0 Å². The molecular formula is C14H11ClN4OS2. The van der Waals surface area contributed by atoms with Gasteiger partial charge >= 0.3 is 0 Å². The van der Waals surface area contributed by atoms with Gasteiger partial charge in [0.05, 0.1) is 10.9 Å². The van der Waals surface area contributed by atoms with Crippen LogP contribution in [0.3, 0.4) is 0 Å². The van der Waals surface area contributed by atoms with Crippen LogP contribution >= 0.6 is 34.9 Å². The summed E-state index contributed by atoms with van der Waals surface area (Å²) in [7, 11) is 0. The third kappa shape index (κ3) is 2.92. The first-order valence-electron chi connectivity index (χ1n) is 6.37. The number of aryl methyl sites for hydroxylation is 1. The Labute approximate surface area is 139 Å². The van der Waals surface area contributed by atoms with Crippen LogP contribution in [-0.4, -0.2) is 18.9 Å². The first kappa shape index (κ1) is 15.2. The highest BCUT2D eigenvalue weighted by Crippen LogP contribution is 2.28. The SMILES string of the molecule is C=CCn1c(Sc2nc(C)ns2)nc2cc(Cl)ccc2c1=O. The van der Waals surface area contributed by atoms with E-state index in [1.807, 2.05) is 6.92 Å². The number of fused-ring (bicyclic) bond motifs is 1. The maximum absolute atomic E-state index is 12.6. The largest absolute Gasteiger partial charge is 0.283 e. The minimum absolute atomic E-state index is 0.120. The van der Waals surface area contributed by atoms with Crippen LogP contribution in [0.5, 0.6) is 0 Å². The molecule has 2 aromatic heterocycles. The molecule has 0 amide bonds. The van der Waals surface area contributed by atoms with Crippen LogP contribution in [0, 0.1) is 6.92 Å². The second-order valence-corrected chi connectivity index (χ2v) is 6.87. The minimum atomic E-state index is -0.120. The predicted molar refractivity (Wildman–Crippen MR) is 90.0 cm³/mol. The molecule has 0 unspecified atom stereocenters. The Balaban J connectivity index is 2.19. The van der Waals surface area contributed by atoms with Crippen molar-refractivity contribution in [2.24, 2.45) is 0 Å². The molecule has 5 nitrogen and oxygen atoms in total. The lowest BCUT2D eigenvalue weighted by molar-refractivity contribution is 0.671. The van der Waals surface area contributed by atoms with E-state index in [2.05, 4.69) is 20.9 Å². The molecule has 0 atom stereocenters. The number of allylic oxidation sites excluding steroid dienone is 1. The molecule has 3 rings (SSSR count). The summed E-state index contributed by atoms with van der Waals surface area (Å²) in [6, 6.07) is 5.06. The van der Waals surface area contributed by atoms with Gasteiger partial charge in [-0.3, -0.25) is 9.36 Å². The number of halogens is 1. The molecule has 0 N–H and O–H groups in total. The Hall–Kier alpha value is -1.70. The molecule has 0 bridgehead atoms. The summed E-state index contributed by atoms with van der Waals surface area (Å²) >= 11 is 8.59. The van der Waals surface area contributed by atoms with Gasteiger partial charge in [0.15, 0.2) is 9.50 Å². The van der Waals surface area contributed by atoms with Crippen molar-refractivity contribution in [3.8, 4) is 0 Å². The van der Waals surface area contributed by atoms with Gasteiger partial charge in [0, 0.05) is 11.6 Å². The molecule has 0 aliphatic rings. The monoisotopic (exact) mass is 350 g/mol. The molecule has 0 saturated carbocycles. The Morgan fingerprint density at radius 3 is 2.95 bits per heavy atom. The molecular weight excluding hydrogens is 340 g/mol. The average Bonchev–Trinajstić information content (AvgIpc) is 2.88. The predicted octanol–water partition coefficient (Wildman–Crippen LogP) is 3.55. The van der Waals surface area contributed by atoms with Crippen molar-refractivity contribution < 1.29 is 0 Å². The molecule has 0 aliphatic heterocycles. The molecule has 3 aromatic rings. The molecule has 0 radical (unpaired) electrons. The fourth-order valence-electron chi connectivity index (χ4n) is 1.94. The number of rotatable bonds is 4. The van der Waals surface area contributed by atoms with Crippen LogP contribution in [0.25, 0.3) is 10.9 Å². The molecule has 22 heavy (non-hydrogen) atoms. The number of nitrogens with zero attached hydrogens (tertiary/aromatic N) is 4. The third-order valence-electron chi connectivity index (χ3n) is 2.88. The maximum atomic E-state index is 12.6. The number of benzene rings is 1. The van der Waals surface area contributed by atoms with Crippen molar-refractivity contribution in [2.75, 3.05) is 0 Å². The van der Waals surface area contributed by atoms with Gasteiger partial charge in [0.1, 0.15) is 5.82 Å². The number of hydrogen-bond acceptors (Lipinski definition) is 6. The van der Waals surface area contributed by atoms with Crippen LogP contribution in [0.2, 0.25) is 5.02 Å². The van der Waals surface area contributed by atoms with E-state index in [1.165, 1.54) is 23.3 Å². The van der Waals surface area contributed by atoms with E-state index in [9.17, 15) is 4.79 Å². The topological polar surface area (TPSA) is 60.7 Å². The second-order valence-electron chi connectivity index (χ2n) is 4.47.